The number of rotatable bonds is 6. The summed E-state index contributed by atoms with van der Waals surface area (Å²) in [6.07, 6.45) is -4.78. The van der Waals surface area contributed by atoms with Gasteiger partial charge in [-0.25, -0.2) is 22.9 Å². The van der Waals surface area contributed by atoms with E-state index in [4.69, 9.17) is 4.74 Å². The minimum absolute atomic E-state index is 0.0135. The molecule has 0 fully saturated rings. The Balaban J connectivity index is 2.15. The van der Waals surface area contributed by atoms with Gasteiger partial charge in [0.15, 0.2) is 0 Å². The smallest absolute Gasteiger partial charge is 0.416 e. The van der Waals surface area contributed by atoms with Crippen molar-refractivity contribution in [2.45, 2.75) is 37.6 Å². The van der Waals surface area contributed by atoms with Crippen molar-refractivity contribution in [3.05, 3.63) is 39.9 Å². The van der Waals surface area contributed by atoms with E-state index in [-0.39, 0.29) is 22.9 Å². The van der Waals surface area contributed by atoms with E-state index in [1.54, 1.807) is 18.6 Å². The highest BCUT2D eigenvalue weighted by Gasteiger charge is 2.31. The minimum atomic E-state index is -4.66. The van der Waals surface area contributed by atoms with Gasteiger partial charge in [0.2, 0.25) is 0 Å². The van der Waals surface area contributed by atoms with Crippen LogP contribution in [0.3, 0.4) is 0 Å². The lowest BCUT2D eigenvalue weighted by atomic mass is 10.2. The monoisotopic (exact) mass is 465 g/mol. The number of thiophene rings is 1. The molecule has 0 bridgehead atoms. The molecule has 0 aliphatic carbocycles. The third kappa shape index (κ3) is 6.16. The molecular formula is C17H18F3N3O5S2. The molecule has 0 aliphatic rings. The molecule has 0 spiro atoms. The number of hydrogen-bond acceptors (Lipinski definition) is 7. The van der Waals surface area contributed by atoms with Crippen LogP contribution in [0.2, 0.25) is 0 Å². The lowest BCUT2D eigenvalue weighted by molar-refractivity contribution is -0.142. The number of carbonyl (C=O) groups excluding carboxylic acids is 2. The number of ether oxygens (including phenoxy) is 1. The average Bonchev–Trinajstić information content (AvgIpc) is 2.94. The van der Waals surface area contributed by atoms with Crippen molar-refractivity contribution in [2.24, 2.45) is 0 Å². The Hall–Kier alpha value is -2.67. The number of hydrogen-bond donors (Lipinski definition) is 2. The standard InChI is InChI=1S/C17H18F3N3O5S2/c1-4-28-14(24)8-12-9(2)5-15(29-12)30(26,27)23-16(25)22-13-7-11(17(18,19)20)6-10(3)21-13/h5-7H,4,8H2,1-3H3,(H2,21,22,23,25). The summed E-state index contributed by atoms with van der Waals surface area (Å²) in [5.74, 6) is -0.983. The number of alkyl halides is 3. The number of aromatic nitrogens is 1. The first-order valence-corrected chi connectivity index (χ1v) is 10.8. The second-order valence-corrected chi connectivity index (χ2v) is 9.14. The highest BCUT2D eigenvalue weighted by Crippen LogP contribution is 2.31. The zero-order valence-electron chi connectivity index (χ0n) is 16.1. The first kappa shape index (κ1) is 23.6. The van der Waals surface area contributed by atoms with E-state index in [0.717, 1.165) is 17.4 Å². The van der Waals surface area contributed by atoms with Crippen molar-refractivity contribution in [2.75, 3.05) is 11.9 Å². The summed E-state index contributed by atoms with van der Waals surface area (Å²) in [5, 5.41) is 1.98. The summed E-state index contributed by atoms with van der Waals surface area (Å²) in [7, 11) is -4.32. The van der Waals surface area contributed by atoms with Crippen LogP contribution in [0.1, 0.15) is 28.6 Å². The van der Waals surface area contributed by atoms with Gasteiger partial charge in [0.25, 0.3) is 10.0 Å². The molecule has 8 nitrogen and oxygen atoms in total. The van der Waals surface area contributed by atoms with Gasteiger partial charge in [-0.3, -0.25) is 10.1 Å². The van der Waals surface area contributed by atoms with E-state index < -0.39 is 39.6 Å². The fourth-order valence-electron chi connectivity index (χ4n) is 2.35. The predicted molar refractivity (Wildman–Crippen MR) is 103 cm³/mol. The van der Waals surface area contributed by atoms with Crippen molar-refractivity contribution in [3.63, 3.8) is 0 Å². The number of nitrogens with one attached hydrogen (secondary N) is 2. The van der Waals surface area contributed by atoms with Crippen LogP contribution in [-0.4, -0.2) is 32.0 Å². The molecule has 2 aromatic heterocycles. The Kier molecular flexibility index (Phi) is 7.08. The molecule has 0 saturated heterocycles. The molecule has 0 unspecified atom stereocenters. The number of esters is 1. The zero-order valence-corrected chi connectivity index (χ0v) is 17.7. The number of halogens is 3. The van der Waals surface area contributed by atoms with Gasteiger partial charge >= 0.3 is 18.2 Å². The van der Waals surface area contributed by atoms with Crippen molar-refractivity contribution in [1.29, 1.82) is 0 Å². The van der Waals surface area contributed by atoms with Gasteiger partial charge in [-0.2, -0.15) is 13.2 Å². The molecule has 13 heteroatoms. The number of amides is 2. The van der Waals surface area contributed by atoms with E-state index in [1.165, 1.54) is 13.0 Å². The lowest BCUT2D eigenvalue weighted by Gasteiger charge is -2.11. The Labute approximate surface area is 174 Å². The van der Waals surface area contributed by atoms with E-state index >= 15 is 0 Å². The summed E-state index contributed by atoms with van der Waals surface area (Å²) in [4.78, 5) is 27.8. The van der Waals surface area contributed by atoms with Crippen molar-refractivity contribution >= 4 is 39.2 Å². The van der Waals surface area contributed by atoms with E-state index in [1.807, 2.05) is 5.32 Å². The van der Waals surface area contributed by atoms with E-state index in [9.17, 15) is 31.2 Å². The molecule has 2 amide bonds. The minimum Gasteiger partial charge on any atom is -0.466 e. The maximum Gasteiger partial charge on any atom is 0.416 e. The Morgan fingerprint density at radius 1 is 1.20 bits per heavy atom. The predicted octanol–water partition coefficient (Wildman–Crippen LogP) is 3.39. The molecule has 2 aromatic rings. The molecule has 2 heterocycles. The molecule has 2 rings (SSSR count). The van der Waals surface area contributed by atoms with Gasteiger partial charge in [-0.15, -0.1) is 11.3 Å². The molecular weight excluding hydrogens is 447 g/mol. The average molecular weight is 465 g/mol. The SMILES string of the molecule is CCOC(=O)Cc1sc(S(=O)(=O)NC(=O)Nc2cc(C(F)(F)F)cc(C)n2)cc1C. The second-order valence-electron chi connectivity index (χ2n) is 6.09. The maximum atomic E-state index is 12.9. The highest BCUT2D eigenvalue weighted by molar-refractivity contribution is 7.92. The van der Waals surface area contributed by atoms with Crippen molar-refractivity contribution < 1.29 is 35.9 Å². The van der Waals surface area contributed by atoms with Crippen LogP contribution < -0.4 is 10.0 Å². The zero-order chi connectivity index (χ0) is 22.7. The van der Waals surface area contributed by atoms with Crippen LogP contribution in [0.25, 0.3) is 0 Å². The van der Waals surface area contributed by atoms with Gasteiger partial charge in [-0.05, 0) is 44.5 Å². The molecule has 2 N–H and O–H groups in total. The summed E-state index contributed by atoms with van der Waals surface area (Å²) in [6, 6.07) is 1.38. The van der Waals surface area contributed by atoms with Gasteiger partial charge in [0.05, 0.1) is 18.6 Å². The Morgan fingerprint density at radius 2 is 1.87 bits per heavy atom. The van der Waals surface area contributed by atoms with Crippen LogP contribution in [0, 0.1) is 13.8 Å². The van der Waals surface area contributed by atoms with Gasteiger partial charge in [-0.1, -0.05) is 0 Å². The highest BCUT2D eigenvalue weighted by atomic mass is 32.2. The van der Waals surface area contributed by atoms with E-state index in [0.29, 0.717) is 16.5 Å². The number of carbonyl (C=O) groups is 2. The quantitative estimate of drug-likeness (QED) is 0.632. The third-order valence-corrected chi connectivity index (χ3v) is 6.66. The molecule has 0 radical (unpaired) electrons. The molecule has 0 saturated carbocycles. The third-order valence-electron chi connectivity index (χ3n) is 3.62. The summed E-state index contributed by atoms with van der Waals surface area (Å²) >= 11 is 0.782. The van der Waals surface area contributed by atoms with Crippen LogP contribution in [0.4, 0.5) is 23.8 Å². The van der Waals surface area contributed by atoms with Crippen LogP contribution in [0.5, 0.6) is 0 Å². The summed E-state index contributed by atoms with van der Waals surface area (Å²) < 4.78 is 69.8. The molecule has 0 aromatic carbocycles. The molecule has 0 aliphatic heterocycles. The largest absolute Gasteiger partial charge is 0.466 e. The summed E-state index contributed by atoms with van der Waals surface area (Å²) in [5.41, 5.74) is -0.532. The fraction of sp³-hybridized carbons (Fsp3) is 0.353. The number of aryl methyl sites for hydroxylation is 2. The fourth-order valence-corrected chi connectivity index (χ4v) is 4.83. The Bertz CT molecular complexity index is 1070. The Morgan fingerprint density at radius 3 is 2.47 bits per heavy atom. The number of pyridine rings is 1. The van der Waals surface area contributed by atoms with Crippen molar-refractivity contribution in [3.8, 4) is 0 Å². The van der Waals surface area contributed by atoms with Crippen LogP contribution >= 0.6 is 11.3 Å². The maximum absolute atomic E-state index is 12.9. The van der Waals surface area contributed by atoms with Gasteiger partial charge < -0.3 is 4.74 Å². The first-order valence-electron chi connectivity index (χ1n) is 8.46. The number of sulfonamides is 1. The normalized spacial score (nSPS) is 11.8. The van der Waals surface area contributed by atoms with Gasteiger partial charge in [0.1, 0.15) is 10.0 Å². The number of anilines is 1. The molecule has 0 atom stereocenters. The number of urea groups is 1. The second kappa shape index (κ2) is 9.00. The van der Waals surface area contributed by atoms with Crippen LogP contribution in [0.15, 0.2) is 22.4 Å². The molecule has 164 valence electrons. The molecule has 30 heavy (non-hydrogen) atoms. The number of nitrogens with zero attached hydrogens (tertiary/aromatic N) is 1. The first-order chi connectivity index (χ1) is 13.8. The van der Waals surface area contributed by atoms with E-state index in [2.05, 4.69) is 4.98 Å². The van der Waals surface area contributed by atoms with Crippen molar-refractivity contribution in [1.82, 2.24) is 9.71 Å². The lowest BCUT2D eigenvalue weighted by Crippen LogP contribution is -2.34. The van der Waals surface area contributed by atoms with Crippen LogP contribution in [-0.2, 0) is 32.2 Å². The topological polar surface area (TPSA) is 114 Å². The van der Waals surface area contributed by atoms with Gasteiger partial charge in [0, 0.05) is 10.6 Å². The summed E-state index contributed by atoms with van der Waals surface area (Å²) in [6.45, 7) is 4.71.